The third-order valence-corrected chi connectivity index (χ3v) is 6.33. The van der Waals surface area contributed by atoms with Gasteiger partial charge in [-0.1, -0.05) is 34.9 Å². The minimum atomic E-state index is -4.08. The molecule has 2 rings (SSSR count). The largest absolute Gasteiger partial charge is 0.490 e. The fourth-order valence-corrected chi connectivity index (χ4v) is 4.08. The molecule has 15 heteroatoms. The first-order valence-corrected chi connectivity index (χ1v) is 13.3. The third kappa shape index (κ3) is 11.3. The van der Waals surface area contributed by atoms with E-state index in [1.165, 1.54) is 19.1 Å². The molecule has 2 atom stereocenters. The van der Waals surface area contributed by atoms with E-state index in [0.717, 1.165) is 12.7 Å². The number of hydrogen-bond donors (Lipinski definition) is 1. The fourth-order valence-electron chi connectivity index (χ4n) is 3.14. The first kappa shape index (κ1) is 32.0. The molecule has 0 aliphatic carbocycles. The van der Waals surface area contributed by atoms with Crippen molar-refractivity contribution in [2.24, 2.45) is 5.11 Å². The van der Waals surface area contributed by atoms with Gasteiger partial charge in [-0.2, -0.15) is 8.42 Å². The van der Waals surface area contributed by atoms with Crippen molar-refractivity contribution >= 4 is 28.0 Å². The molecule has 0 radical (unpaired) electrons. The molecule has 216 valence electrons. The van der Waals surface area contributed by atoms with Crippen LogP contribution in [0.5, 0.6) is 5.75 Å². The second kappa shape index (κ2) is 16.1. The lowest BCUT2D eigenvalue weighted by Gasteiger charge is -2.18. The summed E-state index contributed by atoms with van der Waals surface area (Å²) in [6.45, 7) is 1.67. The summed E-state index contributed by atoms with van der Waals surface area (Å²) in [4.78, 5) is 37.7. The van der Waals surface area contributed by atoms with Crippen LogP contribution in [-0.2, 0) is 49.5 Å². The van der Waals surface area contributed by atoms with Crippen molar-refractivity contribution in [3.8, 4) is 5.75 Å². The Bertz CT molecular complexity index is 1310. The fraction of sp³-hybridized carbons (Fsp3) is 0.400. The molecule has 2 aromatic carbocycles. The predicted octanol–water partition coefficient (Wildman–Crippen LogP) is 2.20. The molecule has 14 nitrogen and oxygen atoms in total. The first-order chi connectivity index (χ1) is 19.0. The molecule has 0 spiro atoms. The molecule has 2 aromatic rings. The summed E-state index contributed by atoms with van der Waals surface area (Å²) >= 11 is 0. The van der Waals surface area contributed by atoms with Crippen molar-refractivity contribution in [1.82, 2.24) is 5.32 Å². The van der Waals surface area contributed by atoms with Gasteiger partial charge < -0.3 is 24.3 Å². The van der Waals surface area contributed by atoms with Crippen LogP contribution in [0.2, 0.25) is 0 Å². The lowest BCUT2D eigenvalue weighted by molar-refractivity contribution is -0.149. The maximum Gasteiger partial charge on any atom is 0.330 e. The number of benzene rings is 2. The van der Waals surface area contributed by atoms with Gasteiger partial charge in [0, 0.05) is 11.8 Å². The normalized spacial score (nSPS) is 12.4. The SMILES string of the molecule is COC(=O)[C@H](COCc1cccc(OCC(COS(=O)(=O)c2ccc(C)cc2)OC(C)=O)c1)NC(=O)CN=[N+]=[N-]. The Morgan fingerprint density at radius 1 is 1.07 bits per heavy atom. The number of rotatable bonds is 16. The summed E-state index contributed by atoms with van der Waals surface area (Å²) in [6, 6.07) is 11.6. The highest BCUT2D eigenvalue weighted by Crippen LogP contribution is 2.17. The zero-order valence-electron chi connectivity index (χ0n) is 22.1. The van der Waals surface area contributed by atoms with E-state index in [4.69, 9.17) is 23.9 Å². The molecule has 0 aromatic heterocycles. The van der Waals surface area contributed by atoms with Crippen LogP contribution >= 0.6 is 0 Å². The molecule has 1 N–H and O–H groups in total. The molecular weight excluding hydrogens is 548 g/mol. The number of carbonyl (C=O) groups is 3. The second-order valence-electron chi connectivity index (χ2n) is 8.29. The Morgan fingerprint density at radius 2 is 1.80 bits per heavy atom. The maximum atomic E-state index is 12.5. The molecule has 40 heavy (non-hydrogen) atoms. The summed E-state index contributed by atoms with van der Waals surface area (Å²) in [7, 11) is -2.92. The van der Waals surface area contributed by atoms with Crippen LogP contribution in [0.3, 0.4) is 0 Å². The molecule has 1 unspecified atom stereocenters. The number of nitrogens with zero attached hydrogens (tertiary/aromatic N) is 3. The van der Waals surface area contributed by atoms with Gasteiger partial charge in [-0.3, -0.25) is 13.8 Å². The van der Waals surface area contributed by atoms with E-state index < -0.39 is 53.3 Å². The van der Waals surface area contributed by atoms with E-state index in [9.17, 15) is 22.8 Å². The Kier molecular flexibility index (Phi) is 12.9. The lowest BCUT2D eigenvalue weighted by atomic mass is 10.2. The molecule has 0 aliphatic rings. The number of carbonyl (C=O) groups excluding carboxylic acids is 3. The topological polar surface area (TPSA) is 192 Å². The van der Waals surface area contributed by atoms with Gasteiger partial charge in [0.1, 0.15) is 25.5 Å². The van der Waals surface area contributed by atoms with Crippen molar-refractivity contribution < 1.29 is 45.9 Å². The van der Waals surface area contributed by atoms with Crippen molar-refractivity contribution in [3.63, 3.8) is 0 Å². The van der Waals surface area contributed by atoms with Crippen LogP contribution in [0.4, 0.5) is 0 Å². The summed E-state index contributed by atoms with van der Waals surface area (Å²) in [5.74, 6) is -1.69. The monoisotopic (exact) mass is 578 g/mol. The van der Waals surface area contributed by atoms with Crippen molar-refractivity contribution in [1.29, 1.82) is 0 Å². The van der Waals surface area contributed by atoms with E-state index in [-0.39, 0.29) is 24.7 Å². The summed E-state index contributed by atoms with van der Waals surface area (Å²) in [6.07, 6.45) is -1.02. The van der Waals surface area contributed by atoms with E-state index in [1.54, 1.807) is 36.4 Å². The summed E-state index contributed by atoms with van der Waals surface area (Å²) in [5, 5.41) is 5.49. The highest BCUT2D eigenvalue weighted by atomic mass is 32.2. The number of nitrogens with one attached hydrogen (secondary N) is 1. The van der Waals surface area contributed by atoms with Crippen molar-refractivity contribution in [2.45, 2.75) is 37.5 Å². The highest BCUT2D eigenvalue weighted by Gasteiger charge is 2.22. The predicted molar refractivity (Wildman–Crippen MR) is 139 cm³/mol. The molecule has 1 amide bonds. The van der Waals surface area contributed by atoms with Crippen LogP contribution in [0.1, 0.15) is 18.1 Å². The molecule has 0 fully saturated rings. The number of hydrogen-bond acceptors (Lipinski definition) is 11. The number of esters is 2. The van der Waals surface area contributed by atoms with Crippen LogP contribution < -0.4 is 10.1 Å². The number of amides is 1. The van der Waals surface area contributed by atoms with Crippen LogP contribution in [0, 0.1) is 6.92 Å². The Labute approximate surface area is 231 Å². The van der Waals surface area contributed by atoms with Crippen molar-refractivity contribution in [2.75, 3.05) is 33.5 Å². The number of azide groups is 1. The lowest BCUT2D eigenvalue weighted by Crippen LogP contribution is -2.45. The standard InChI is InChI=1S/C25H30N4O10S/c1-17-7-9-22(10-8-17)40(33,34)38-15-21(39-18(2)30)14-37-20-6-4-5-19(11-20)13-36-16-23(25(32)35-3)28-24(31)12-27-29-26/h4-11,21,23H,12-16H2,1-3H3,(H,28,31)/t21?,23-/m0/s1. The maximum absolute atomic E-state index is 12.5. The van der Waals surface area contributed by atoms with Gasteiger partial charge in [-0.15, -0.1) is 0 Å². The minimum absolute atomic E-state index is 0.0297. The molecular formula is C25H30N4O10S. The van der Waals surface area contributed by atoms with E-state index in [1.807, 2.05) is 6.92 Å². The third-order valence-electron chi connectivity index (χ3n) is 5.04. The van der Waals surface area contributed by atoms with E-state index in [0.29, 0.717) is 11.3 Å². The highest BCUT2D eigenvalue weighted by molar-refractivity contribution is 7.86. The van der Waals surface area contributed by atoms with Crippen LogP contribution in [-0.4, -0.2) is 71.9 Å². The smallest absolute Gasteiger partial charge is 0.330 e. The van der Waals surface area contributed by atoms with Gasteiger partial charge in [-0.25, -0.2) is 4.79 Å². The van der Waals surface area contributed by atoms with Gasteiger partial charge in [0.2, 0.25) is 5.91 Å². The van der Waals surface area contributed by atoms with Crippen molar-refractivity contribution in [3.05, 3.63) is 70.1 Å². The van der Waals surface area contributed by atoms with Crippen LogP contribution in [0.15, 0.2) is 58.5 Å². The van der Waals surface area contributed by atoms with Crippen LogP contribution in [0.25, 0.3) is 10.4 Å². The molecule has 0 heterocycles. The zero-order valence-corrected chi connectivity index (χ0v) is 23.0. The summed E-state index contributed by atoms with van der Waals surface area (Å²) in [5.41, 5.74) is 9.84. The Morgan fingerprint density at radius 3 is 2.45 bits per heavy atom. The number of ether oxygens (including phenoxy) is 4. The van der Waals surface area contributed by atoms with Gasteiger partial charge in [-0.05, 0) is 42.3 Å². The molecule has 0 saturated carbocycles. The van der Waals surface area contributed by atoms with E-state index in [2.05, 4.69) is 20.1 Å². The van der Waals surface area contributed by atoms with Gasteiger partial charge >= 0.3 is 11.9 Å². The molecule has 0 saturated heterocycles. The van der Waals surface area contributed by atoms with Gasteiger partial charge in [0.15, 0.2) is 12.1 Å². The van der Waals surface area contributed by atoms with Gasteiger partial charge in [0.05, 0.1) is 25.2 Å². The number of methoxy groups -OCH3 is 1. The quantitative estimate of drug-likeness (QED) is 0.101. The average molecular weight is 579 g/mol. The van der Waals surface area contributed by atoms with E-state index >= 15 is 0 Å². The molecule has 0 aliphatic heterocycles. The Balaban J connectivity index is 1.94. The Hall–Kier alpha value is -4.17. The first-order valence-electron chi connectivity index (χ1n) is 11.8. The minimum Gasteiger partial charge on any atom is -0.490 e. The average Bonchev–Trinajstić information content (AvgIpc) is 2.92. The molecule has 0 bridgehead atoms. The van der Waals surface area contributed by atoms with Gasteiger partial charge in [0.25, 0.3) is 10.1 Å². The zero-order chi connectivity index (χ0) is 29.5. The second-order valence-corrected chi connectivity index (χ2v) is 9.90. The number of aryl methyl sites for hydroxylation is 1. The summed E-state index contributed by atoms with van der Waals surface area (Å²) < 4.78 is 51.1.